The van der Waals surface area contributed by atoms with E-state index in [0.717, 1.165) is 12.8 Å². The van der Waals surface area contributed by atoms with E-state index in [9.17, 15) is 4.79 Å². The summed E-state index contributed by atoms with van der Waals surface area (Å²) < 4.78 is 5.21. The summed E-state index contributed by atoms with van der Waals surface area (Å²) in [6, 6.07) is 13.6. The third kappa shape index (κ3) is 4.78. The van der Waals surface area contributed by atoms with E-state index in [4.69, 9.17) is 16.3 Å². The number of rotatable bonds is 6. The van der Waals surface area contributed by atoms with Gasteiger partial charge in [-0.15, -0.1) is 0 Å². The van der Waals surface area contributed by atoms with Gasteiger partial charge < -0.3 is 10.1 Å². The largest absolute Gasteiger partial charge is 0.495 e. The Morgan fingerprint density at radius 2 is 1.91 bits per heavy atom. The van der Waals surface area contributed by atoms with Gasteiger partial charge in [0, 0.05) is 11.4 Å². The first-order valence-electron chi connectivity index (χ1n) is 7.27. The summed E-state index contributed by atoms with van der Waals surface area (Å²) in [5, 5.41) is 3.41. The molecule has 4 heteroatoms. The first-order chi connectivity index (χ1) is 10.6. The van der Waals surface area contributed by atoms with Gasteiger partial charge in [-0.2, -0.15) is 0 Å². The third-order valence-corrected chi connectivity index (χ3v) is 3.66. The number of carbonyl (C=O) groups is 1. The Morgan fingerprint density at radius 1 is 1.18 bits per heavy atom. The maximum absolute atomic E-state index is 12.0. The van der Waals surface area contributed by atoms with Crippen molar-refractivity contribution in [3.05, 3.63) is 58.6 Å². The van der Waals surface area contributed by atoms with Crippen molar-refractivity contribution in [2.24, 2.45) is 0 Å². The Morgan fingerprint density at radius 3 is 2.59 bits per heavy atom. The summed E-state index contributed by atoms with van der Waals surface area (Å²) in [5.41, 5.74) is 3.10. The topological polar surface area (TPSA) is 38.3 Å². The van der Waals surface area contributed by atoms with Crippen LogP contribution in [0.5, 0.6) is 5.75 Å². The molecule has 0 radical (unpaired) electrons. The summed E-state index contributed by atoms with van der Waals surface area (Å²) in [6.45, 7) is 2.07. The van der Waals surface area contributed by atoms with Crippen molar-refractivity contribution >= 4 is 23.2 Å². The number of nitrogens with one attached hydrogen (secondary N) is 1. The van der Waals surface area contributed by atoms with Crippen molar-refractivity contribution in [3.8, 4) is 5.75 Å². The van der Waals surface area contributed by atoms with Crippen molar-refractivity contribution in [1.82, 2.24) is 0 Å². The molecule has 0 saturated heterocycles. The van der Waals surface area contributed by atoms with Gasteiger partial charge >= 0.3 is 0 Å². The molecule has 0 aliphatic carbocycles. The summed E-state index contributed by atoms with van der Waals surface area (Å²) in [5.74, 6) is 0.573. The first kappa shape index (κ1) is 16.4. The minimum atomic E-state index is -0.0346. The van der Waals surface area contributed by atoms with Crippen LogP contribution in [0.4, 0.5) is 5.69 Å². The Balaban J connectivity index is 1.85. The molecule has 22 heavy (non-hydrogen) atoms. The quantitative estimate of drug-likeness (QED) is 0.844. The molecule has 116 valence electrons. The van der Waals surface area contributed by atoms with E-state index < -0.39 is 0 Å². The van der Waals surface area contributed by atoms with Gasteiger partial charge in [-0.05, 0) is 43.5 Å². The zero-order chi connectivity index (χ0) is 15.9. The Bertz CT molecular complexity index is 638. The first-order valence-corrected chi connectivity index (χ1v) is 7.65. The number of halogens is 1. The SMILES string of the molecule is COc1ccc(Cl)cc1NC(=O)CCCc1ccc(C)cc1. The molecule has 2 rings (SSSR count). The second kappa shape index (κ2) is 7.85. The van der Waals surface area contributed by atoms with Crippen molar-refractivity contribution < 1.29 is 9.53 Å². The van der Waals surface area contributed by atoms with E-state index in [1.807, 2.05) is 0 Å². The lowest BCUT2D eigenvalue weighted by molar-refractivity contribution is -0.116. The molecule has 0 spiro atoms. The number of aryl methyl sites for hydroxylation is 2. The molecule has 0 saturated carbocycles. The van der Waals surface area contributed by atoms with Crippen LogP contribution in [0.15, 0.2) is 42.5 Å². The molecular formula is C18H20ClNO2. The van der Waals surface area contributed by atoms with E-state index in [1.54, 1.807) is 25.3 Å². The zero-order valence-electron chi connectivity index (χ0n) is 12.9. The van der Waals surface area contributed by atoms with E-state index in [2.05, 4.69) is 36.5 Å². The average Bonchev–Trinajstić information content (AvgIpc) is 2.49. The van der Waals surface area contributed by atoms with E-state index in [0.29, 0.717) is 22.9 Å². The highest BCUT2D eigenvalue weighted by Crippen LogP contribution is 2.27. The highest BCUT2D eigenvalue weighted by Gasteiger charge is 2.08. The number of anilines is 1. The highest BCUT2D eigenvalue weighted by molar-refractivity contribution is 6.31. The minimum absolute atomic E-state index is 0.0346. The average molecular weight is 318 g/mol. The van der Waals surface area contributed by atoms with Crippen molar-refractivity contribution in [2.45, 2.75) is 26.2 Å². The summed E-state index contributed by atoms with van der Waals surface area (Å²) >= 11 is 5.95. The molecule has 0 atom stereocenters. The second-order valence-electron chi connectivity index (χ2n) is 5.23. The van der Waals surface area contributed by atoms with E-state index >= 15 is 0 Å². The number of methoxy groups -OCH3 is 1. The molecule has 0 aromatic heterocycles. The monoisotopic (exact) mass is 317 g/mol. The summed E-state index contributed by atoms with van der Waals surface area (Å²) in [4.78, 5) is 12.0. The molecule has 0 unspecified atom stereocenters. The Hall–Kier alpha value is -2.00. The van der Waals surface area contributed by atoms with Gasteiger partial charge in [-0.1, -0.05) is 41.4 Å². The molecule has 0 bridgehead atoms. The summed E-state index contributed by atoms with van der Waals surface area (Å²) in [7, 11) is 1.57. The predicted molar refractivity (Wildman–Crippen MR) is 90.8 cm³/mol. The normalized spacial score (nSPS) is 10.3. The number of hydrogen-bond donors (Lipinski definition) is 1. The number of ether oxygens (including phenoxy) is 1. The van der Waals surface area contributed by atoms with Crippen molar-refractivity contribution in [1.29, 1.82) is 0 Å². The molecule has 0 fully saturated rings. The zero-order valence-corrected chi connectivity index (χ0v) is 13.6. The van der Waals surface area contributed by atoms with E-state index in [-0.39, 0.29) is 5.91 Å². The van der Waals surface area contributed by atoms with Crippen LogP contribution in [0, 0.1) is 6.92 Å². The second-order valence-corrected chi connectivity index (χ2v) is 5.67. The van der Waals surface area contributed by atoms with Crippen LogP contribution in [0.2, 0.25) is 5.02 Å². The predicted octanol–water partition coefficient (Wildman–Crippen LogP) is 4.62. The van der Waals surface area contributed by atoms with Gasteiger partial charge in [-0.25, -0.2) is 0 Å². The van der Waals surface area contributed by atoms with Crippen molar-refractivity contribution in [3.63, 3.8) is 0 Å². The van der Waals surface area contributed by atoms with Crippen LogP contribution < -0.4 is 10.1 Å². The van der Waals surface area contributed by atoms with Gasteiger partial charge in [0.1, 0.15) is 5.75 Å². The van der Waals surface area contributed by atoms with Crippen LogP contribution in [0.25, 0.3) is 0 Å². The molecule has 1 N–H and O–H groups in total. The maximum Gasteiger partial charge on any atom is 0.224 e. The van der Waals surface area contributed by atoms with E-state index in [1.165, 1.54) is 11.1 Å². The lowest BCUT2D eigenvalue weighted by Gasteiger charge is -2.10. The minimum Gasteiger partial charge on any atom is -0.495 e. The smallest absolute Gasteiger partial charge is 0.224 e. The van der Waals surface area contributed by atoms with Crippen LogP contribution in [0.3, 0.4) is 0 Å². The third-order valence-electron chi connectivity index (χ3n) is 3.43. The lowest BCUT2D eigenvalue weighted by Crippen LogP contribution is -2.12. The number of hydrogen-bond acceptors (Lipinski definition) is 2. The van der Waals surface area contributed by atoms with Crippen LogP contribution in [-0.4, -0.2) is 13.0 Å². The fraction of sp³-hybridized carbons (Fsp3) is 0.278. The Labute approximate surface area is 136 Å². The number of amides is 1. The molecule has 0 aliphatic rings. The fourth-order valence-corrected chi connectivity index (χ4v) is 2.37. The van der Waals surface area contributed by atoms with Gasteiger partial charge in [-0.3, -0.25) is 4.79 Å². The van der Waals surface area contributed by atoms with Crippen LogP contribution in [0.1, 0.15) is 24.0 Å². The molecule has 3 nitrogen and oxygen atoms in total. The van der Waals surface area contributed by atoms with Gasteiger partial charge in [0.15, 0.2) is 0 Å². The van der Waals surface area contributed by atoms with Gasteiger partial charge in [0.25, 0.3) is 0 Å². The lowest BCUT2D eigenvalue weighted by atomic mass is 10.1. The van der Waals surface area contributed by atoms with Crippen LogP contribution in [-0.2, 0) is 11.2 Å². The molecule has 1 amide bonds. The van der Waals surface area contributed by atoms with Gasteiger partial charge in [0.05, 0.1) is 12.8 Å². The summed E-state index contributed by atoms with van der Waals surface area (Å²) in [6.07, 6.45) is 2.15. The highest BCUT2D eigenvalue weighted by atomic mass is 35.5. The molecular weight excluding hydrogens is 298 g/mol. The maximum atomic E-state index is 12.0. The van der Waals surface area contributed by atoms with Crippen molar-refractivity contribution in [2.75, 3.05) is 12.4 Å². The molecule has 2 aromatic rings. The van der Waals surface area contributed by atoms with Crippen LogP contribution >= 0.6 is 11.6 Å². The molecule has 0 aliphatic heterocycles. The Kier molecular flexibility index (Phi) is 5.84. The molecule has 0 heterocycles. The van der Waals surface area contributed by atoms with Gasteiger partial charge in [0.2, 0.25) is 5.91 Å². The standard InChI is InChI=1S/C18H20ClNO2/c1-13-6-8-14(9-7-13)4-3-5-18(21)20-16-12-15(19)10-11-17(16)22-2/h6-12H,3-5H2,1-2H3,(H,20,21). The fourth-order valence-electron chi connectivity index (χ4n) is 2.20. The number of benzene rings is 2. The number of carbonyl (C=O) groups excluding carboxylic acids is 1. The molecule has 2 aromatic carbocycles.